The summed E-state index contributed by atoms with van der Waals surface area (Å²) < 4.78 is 0. The summed E-state index contributed by atoms with van der Waals surface area (Å²) in [6.07, 6.45) is 3.27. The van der Waals surface area contributed by atoms with Crippen LogP contribution in [-0.2, 0) is 0 Å². The maximum absolute atomic E-state index is 10.9. The number of rotatable bonds is 4. The van der Waals surface area contributed by atoms with Crippen LogP contribution in [0.5, 0.6) is 0 Å². The number of hydrogen-bond donors (Lipinski definition) is 0. The highest BCUT2D eigenvalue weighted by Gasteiger charge is 2.17. The lowest BCUT2D eigenvalue weighted by molar-refractivity contribution is -0.385. The Bertz CT molecular complexity index is 504. The van der Waals surface area contributed by atoms with Crippen LogP contribution in [0.1, 0.15) is 25.3 Å². The standard InChI is InChI=1S/C12H11ClN2O2/c1-2-3-4-9(8-14)11-7-10(13)5-6-12(11)15(16)17/h4-7H,2-3H2,1H3/b9-4-. The minimum atomic E-state index is -0.511. The van der Waals surface area contributed by atoms with Crippen molar-refractivity contribution < 1.29 is 4.92 Å². The summed E-state index contributed by atoms with van der Waals surface area (Å²) in [4.78, 5) is 10.3. The van der Waals surface area contributed by atoms with Gasteiger partial charge in [-0.15, -0.1) is 0 Å². The molecule has 1 aromatic rings. The van der Waals surface area contributed by atoms with Crippen molar-refractivity contribution >= 4 is 22.9 Å². The minimum Gasteiger partial charge on any atom is -0.258 e. The van der Waals surface area contributed by atoms with Crippen molar-refractivity contribution in [1.82, 2.24) is 0 Å². The van der Waals surface area contributed by atoms with E-state index in [-0.39, 0.29) is 11.3 Å². The summed E-state index contributed by atoms with van der Waals surface area (Å²) >= 11 is 5.80. The Balaban J connectivity index is 3.32. The number of unbranched alkanes of at least 4 members (excludes halogenated alkanes) is 1. The van der Waals surface area contributed by atoms with E-state index >= 15 is 0 Å². The van der Waals surface area contributed by atoms with Gasteiger partial charge in [0.2, 0.25) is 0 Å². The van der Waals surface area contributed by atoms with Crippen LogP contribution in [0.4, 0.5) is 5.69 Å². The molecule has 0 unspecified atom stereocenters. The molecule has 1 aromatic carbocycles. The molecule has 0 saturated carbocycles. The van der Waals surface area contributed by atoms with Crippen LogP contribution >= 0.6 is 11.6 Å². The Labute approximate surface area is 104 Å². The van der Waals surface area contributed by atoms with Crippen LogP contribution in [-0.4, -0.2) is 4.92 Å². The van der Waals surface area contributed by atoms with Crippen molar-refractivity contribution in [3.8, 4) is 6.07 Å². The Hall–Kier alpha value is -1.86. The number of nitro benzene ring substituents is 1. The molecule has 0 spiro atoms. The highest BCUT2D eigenvalue weighted by molar-refractivity contribution is 6.30. The molecule has 88 valence electrons. The molecule has 4 nitrogen and oxygen atoms in total. The molecular weight excluding hydrogens is 240 g/mol. The van der Waals surface area contributed by atoms with Gasteiger partial charge in [0, 0.05) is 11.1 Å². The average Bonchev–Trinajstić information content (AvgIpc) is 2.29. The number of nitro groups is 1. The molecule has 0 fully saturated rings. The number of nitrogens with zero attached hydrogens (tertiary/aromatic N) is 2. The number of hydrogen-bond acceptors (Lipinski definition) is 3. The van der Waals surface area contributed by atoms with Gasteiger partial charge in [-0.3, -0.25) is 10.1 Å². The Kier molecular flexibility index (Phi) is 4.68. The first-order valence-corrected chi connectivity index (χ1v) is 5.52. The van der Waals surface area contributed by atoms with Crippen molar-refractivity contribution in [2.45, 2.75) is 19.8 Å². The third kappa shape index (κ3) is 3.30. The monoisotopic (exact) mass is 250 g/mol. The van der Waals surface area contributed by atoms with E-state index in [9.17, 15) is 10.1 Å². The van der Waals surface area contributed by atoms with Crippen LogP contribution in [0.25, 0.3) is 5.57 Å². The molecule has 0 aliphatic carbocycles. The lowest BCUT2D eigenvalue weighted by Crippen LogP contribution is -1.94. The van der Waals surface area contributed by atoms with Gasteiger partial charge in [-0.2, -0.15) is 5.26 Å². The molecule has 0 aliphatic rings. The second kappa shape index (κ2) is 6.02. The third-order valence-corrected chi connectivity index (χ3v) is 2.44. The average molecular weight is 251 g/mol. The smallest absolute Gasteiger partial charge is 0.258 e. The topological polar surface area (TPSA) is 66.9 Å². The highest BCUT2D eigenvalue weighted by atomic mass is 35.5. The molecule has 17 heavy (non-hydrogen) atoms. The minimum absolute atomic E-state index is 0.0988. The predicted octanol–water partition coefficient (Wildman–Crippen LogP) is 3.96. The van der Waals surface area contributed by atoms with E-state index in [1.807, 2.05) is 13.0 Å². The van der Waals surface area contributed by atoms with E-state index in [0.29, 0.717) is 17.0 Å². The lowest BCUT2D eigenvalue weighted by atomic mass is 10.0. The molecule has 0 radical (unpaired) electrons. The van der Waals surface area contributed by atoms with E-state index in [4.69, 9.17) is 16.9 Å². The lowest BCUT2D eigenvalue weighted by Gasteiger charge is -2.02. The molecule has 5 heteroatoms. The fourth-order valence-electron chi connectivity index (χ4n) is 1.39. The van der Waals surface area contributed by atoms with Gasteiger partial charge in [-0.05, 0) is 18.6 Å². The molecule has 0 aliphatic heterocycles. The molecule has 0 heterocycles. The first kappa shape index (κ1) is 13.2. The fraction of sp³-hybridized carbons (Fsp3) is 0.250. The molecule has 0 aromatic heterocycles. The quantitative estimate of drug-likeness (QED) is 0.461. The van der Waals surface area contributed by atoms with Crippen LogP contribution in [0.15, 0.2) is 24.3 Å². The Morgan fingerprint density at radius 2 is 2.35 bits per heavy atom. The van der Waals surface area contributed by atoms with Gasteiger partial charge >= 0.3 is 0 Å². The van der Waals surface area contributed by atoms with E-state index in [2.05, 4.69) is 0 Å². The van der Waals surface area contributed by atoms with Gasteiger partial charge < -0.3 is 0 Å². The van der Waals surface area contributed by atoms with Crippen LogP contribution in [0.3, 0.4) is 0 Å². The van der Waals surface area contributed by atoms with E-state index in [1.165, 1.54) is 18.2 Å². The van der Waals surface area contributed by atoms with Crippen molar-refractivity contribution in [1.29, 1.82) is 5.26 Å². The first-order chi connectivity index (χ1) is 8.10. The summed E-state index contributed by atoms with van der Waals surface area (Å²) in [6, 6.07) is 6.18. The summed E-state index contributed by atoms with van der Waals surface area (Å²) in [7, 11) is 0. The Morgan fingerprint density at radius 1 is 1.65 bits per heavy atom. The van der Waals surface area contributed by atoms with E-state index in [1.54, 1.807) is 6.08 Å². The van der Waals surface area contributed by atoms with Crippen molar-refractivity contribution in [2.24, 2.45) is 0 Å². The van der Waals surface area contributed by atoms with Gasteiger partial charge in [0.05, 0.1) is 22.1 Å². The van der Waals surface area contributed by atoms with Crippen molar-refractivity contribution in [2.75, 3.05) is 0 Å². The third-order valence-electron chi connectivity index (χ3n) is 2.20. The van der Waals surface area contributed by atoms with Gasteiger partial charge in [-0.25, -0.2) is 0 Å². The second-order valence-corrected chi connectivity index (χ2v) is 3.87. The van der Waals surface area contributed by atoms with Crippen LogP contribution in [0.2, 0.25) is 5.02 Å². The van der Waals surface area contributed by atoms with E-state index < -0.39 is 4.92 Å². The summed E-state index contributed by atoms with van der Waals surface area (Å²) in [6.45, 7) is 1.97. The van der Waals surface area contributed by atoms with Gasteiger partial charge in [0.25, 0.3) is 5.69 Å². The van der Waals surface area contributed by atoms with E-state index in [0.717, 1.165) is 6.42 Å². The normalized spacial score (nSPS) is 11.0. The molecule has 0 N–H and O–H groups in total. The first-order valence-electron chi connectivity index (χ1n) is 5.14. The highest BCUT2D eigenvalue weighted by Crippen LogP contribution is 2.29. The summed E-state index contributed by atoms with van der Waals surface area (Å²) in [5, 5.41) is 20.3. The number of allylic oxidation sites excluding steroid dienone is 2. The van der Waals surface area contributed by atoms with Gasteiger partial charge in [0.15, 0.2) is 0 Å². The zero-order valence-electron chi connectivity index (χ0n) is 9.31. The zero-order valence-corrected chi connectivity index (χ0v) is 10.1. The summed E-state index contributed by atoms with van der Waals surface area (Å²) in [5.41, 5.74) is 0.470. The predicted molar refractivity (Wildman–Crippen MR) is 66.6 cm³/mol. The largest absolute Gasteiger partial charge is 0.278 e. The SMILES string of the molecule is CCC/C=C(/C#N)c1cc(Cl)ccc1[N+](=O)[O-]. The number of benzene rings is 1. The number of nitriles is 1. The van der Waals surface area contributed by atoms with Crippen LogP contribution in [0, 0.1) is 21.4 Å². The van der Waals surface area contributed by atoms with Gasteiger partial charge in [0.1, 0.15) is 0 Å². The number of halogens is 1. The molecular formula is C12H11ClN2O2. The molecule has 0 atom stereocenters. The molecule has 1 rings (SSSR count). The van der Waals surface area contributed by atoms with Crippen molar-refractivity contribution in [3.63, 3.8) is 0 Å². The summed E-state index contributed by atoms with van der Waals surface area (Å²) in [5.74, 6) is 0. The van der Waals surface area contributed by atoms with Crippen LogP contribution < -0.4 is 0 Å². The maximum Gasteiger partial charge on any atom is 0.278 e. The fourth-order valence-corrected chi connectivity index (χ4v) is 1.56. The maximum atomic E-state index is 10.9. The Morgan fingerprint density at radius 3 is 2.88 bits per heavy atom. The van der Waals surface area contributed by atoms with Gasteiger partial charge in [-0.1, -0.05) is 31.0 Å². The second-order valence-electron chi connectivity index (χ2n) is 3.44. The van der Waals surface area contributed by atoms with Crippen molar-refractivity contribution in [3.05, 3.63) is 45.0 Å². The molecule has 0 bridgehead atoms. The molecule has 0 saturated heterocycles. The molecule has 0 amide bonds. The zero-order chi connectivity index (χ0) is 12.8.